The largest absolute Gasteiger partial charge is 0.491 e. The average Bonchev–Trinajstić information content (AvgIpc) is 2.91. The van der Waals surface area contributed by atoms with E-state index in [4.69, 9.17) is 16.3 Å². The summed E-state index contributed by atoms with van der Waals surface area (Å²) < 4.78 is 5.98. The van der Waals surface area contributed by atoms with Crippen molar-refractivity contribution in [3.8, 4) is 5.75 Å². The maximum absolute atomic E-state index is 11.9. The van der Waals surface area contributed by atoms with Gasteiger partial charge in [-0.05, 0) is 40.1 Å². The molecule has 5 nitrogen and oxygen atoms in total. The number of piperazine rings is 1. The minimum absolute atomic E-state index is 0.178. The molecule has 1 atom stereocenters. The van der Waals surface area contributed by atoms with Crippen molar-refractivity contribution >= 4 is 28.3 Å². The van der Waals surface area contributed by atoms with E-state index in [2.05, 4.69) is 46.2 Å². The number of fused-ring (bicyclic) bond motifs is 1. The predicted molar refractivity (Wildman–Crippen MR) is 144 cm³/mol. The van der Waals surface area contributed by atoms with Gasteiger partial charge in [0.25, 0.3) is 0 Å². The van der Waals surface area contributed by atoms with Crippen molar-refractivity contribution in [1.29, 1.82) is 0 Å². The zero-order valence-corrected chi connectivity index (χ0v) is 20.8. The Morgan fingerprint density at radius 2 is 1.50 bits per heavy atom. The summed E-state index contributed by atoms with van der Waals surface area (Å²) in [7, 11) is 0. The highest BCUT2D eigenvalue weighted by Crippen LogP contribution is 2.31. The first-order valence-corrected chi connectivity index (χ1v) is 12.6. The summed E-state index contributed by atoms with van der Waals surface area (Å²) in [5.74, 6) is -0.545. The van der Waals surface area contributed by atoms with Crippen LogP contribution in [0.2, 0.25) is 5.02 Å². The van der Waals surface area contributed by atoms with E-state index in [-0.39, 0.29) is 11.6 Å². The van der Waals surface area contributed by atoms with E-state index in [9.17, 15) is 9.90 Å². The molecule has 1 heterocycles. The molecule has 5 rings (SSSR count). The summed E-state index contributed by atoms with van der Waals surface area (Å²) in [5.41, 5.74) is 2.74. The Balaban J connectivity index is 1.22. The van der Waals surface area contributed by atoms with Crippen LogP contribution in [0, 0.1) is 0 Å². The predicted octanol–water partition coefficient (Wildman–Crippen LogP) is 5.98. The zero-order chi connectivity index (χ0) is 24.9. The van der Waals surface area contributed by atoms with E-state index in [1.54, 1.807) is 6.07 Å². The number of carboxylic acids is 1. The highest BCUT2D eigenvalue weighted by molar-refractivity contribution is 6.30. The first kappa shape index (κ1) is 24.3. The van der Waals surface area contributed by atoms with Crippen molar-refractivity contribution in [1.82, 2.24) is 9.80 Å². The molecule has 0 aliphatic carbocycles. The number of hydrogen-bond donors (Lipinski definition) is 1. The number of aromatic carboxylic acids is 1. The number of rotatable bonds is 8. The molecular formula is C30H29ClN2O3. The molecule has 0 saturated carbocycles. The van der Waals surface area contributed by atoms with Gasteiger partial charge < -0.3 is 9.84 Å². The number of halogens is 1. The fraction of sp³-hybridized carbons (Fsp3) is 0.233. The van der Waals surface area contributed by atoms with Crippen LogP contribution >= 0.6 is 11.6 Å². The summed E-state index contributed by atoms with van der Waals surface area (Å²) in [6, 6.07) is 30.1. The molecule has 4 aromatic carbocycles. The molecule has 0 aromatic heterocycles. The minimum Gasteiger partial charge on any atom is -0.491 e. The van der Waals surface area contributed by atoms with Gasteiger partial charge in [0, 0.05) is 37.7 Å². The van der Waals surface area contributed by atoms with E-state index < -0.39 is 5.97 Å². The van der Waals surface area contributed by atoms with Crippen LogP contribution in [0.4, 0.5) is 0 Å². The molecule has 1 N–H and O–H groups in total. The quantitative estimate of drug-likeness (QED) is 0.322. The fourth-order valence-electron chi connectivity index (χ4n) is 5.02. The van der Waals surface area contributed by atoms with Gasteiger partial charge in [-0.1, -0.05) is 84.4 Å². The number of carbonyl (C=O) groups is 1. The molecule has 4 aromatic rings. The first-order chi connectivity index (χ1) is 17.6. The Morgan fingerprint density at radius 1 is 0.833 bits per heavy atom. The molecule has 1 aliphatic heterocycles. The van der Waals surface area contributed by atoms with Crippen molar-refractivity contribution in [2.75, 3.05) is 39.3 Å². The maximum atomic E-state index is 11.9. The lowest BCUT2D eigenvalue weighted by Crippen LogP contribution is -2.48. The molecule has 184 valence electrons. The maximum Gasteiger partial charge on any atom is 0.340 e. The minimum atomic E-state index is -0.968. The van der Waals surface area contributed by atoms with E-state index in [0.29, 0.717) is 17.7 Å². The Bertz CT molecular complexity index is 1320. The van der Waals surface area contributed by atoms with Crippen LogP contribution in [0.3, 0.4) is 0 Å². The third kappa shape index (κ3) is 5.39. The monoisotopic (exact) mass is 500 g/mol. The van der Waals surface area contributed by atoms with E-state index in [1.165, 1.54) is 11.1 Å². The standard InChI is InChI=1S/C30H29ClN2O3/c31-25-13-10-24(11-14-25)29(23-7-2-1-3-8-23)33-18-16-32(17-19-33)20-21-36-27-15-12-22-6-4-5-9-26(22)28(27)30(34)35/h1-15,29H,16-21H2,(H,34,35). The van der Waals surface area contributed by atoms with Crippen molar-refractivity contribution in [3.63, 3.8) is 0 Å². The number of nitrogens with zero attached hydrogens (tertiary/aromatic N) is 2. The number of carboxylic acid groups (broad SMARTS) is 1. The third-order valence-corrected chi connectivity index (χ3v) is 7.09. The van der Waals surface area contributed by atoms with Crippen molar-refractivity contribution < 1.29 is 14.6 Å². The Labute approximate surface area is 216 Å². The lowest BCUT2D eigenvalue weighted by atomic mass is 9.96. The third-order valence-electron chi connectivity index (χ3n) is 6.84. The highest BCUT2D eigenvalue weighted by atomic mass is 35.5. The summed E-state index contributed by atoms with van der Waals surface area (Å²) >= 11 is 6.15. The molecule has 0 amide bonds. The van der Waals surface area contributed by atoms with Gasteiger partial charge in [0.05, 0.1) is 6.04 Å². The topological polar surface area (TPSA) is 53.0 Å². The summed E-state index contributed by atoms with van der Waals surface area (Å²) in [6.07, 6.45) is 0. The second-order valence-electron chi connectivity index (χ2n) is 9.06. The lowest BCUT2D eigenvalue weighted by molar-refractivity contribution is 0.0692. The van der Waals surface area contributed by atoms with Crippen molar-refractivity contribution in [3.05, 3.63) is 113 Å². The lowest BCUT2D eigenvalue weighted by Gasteiger charge is -2.39. The van der Waals surface area contributed by atoms with E-state index >= 15 is 0 Å². The normalized spacial score (nSPS) is 15.6. The molecule has 0 bridgehead atoms. The van der Waals surface area contributed by atoms with Crippen LogP contribution in [-0.4, -0.2) is 60.2 Å². The van der Waals surface area contributed by atoms with Crippen molar-refractivity contribution in [2.45, 2.75) is 6.04 Å². The number of benzene rings is 4. The molecule has 36 heavy (non-hydrogen) atoms. The van der Waals surface area contributed by atoms with Gasteiger partial charge in [0.15, 0.2) is 0 Å². The molecule has 1 saturated heterocycles. The summed E-state index contributed by atoms with van der Waals surface area (Å²) in [5, 5.41) is 12.1. The van der Waals surface area contributed by atoms with Gasteiger partial charge in [0.1, 0.15) is 17.9 Å². The molecular weight excluding hydrogens is 472 g/mol. The van der Waals surface area contributed by atoms with Gasteiger partial charge in [-0.15, -0.1) is 0 Å². The SMILES string of the molecule is O=C(O)c1c(OCCN2CCN(C(c3ccccc3)c3ccc(Cl)cc3)CC2)ccc2ccccc12. The Hall–Kier alpha value is -3.38. The number of hydrogen-bond acceptors (Lipinski definition) is 4. The molecule has 1 aliphatic rings. The van der Waals surface area contributed by atoms with E-state index in [0.717, 1.165) is 43.1 Å². The second-order valence-corrected chi connectivity index (χ2v) is 9.49. The van der Waals surface area contributed by atoms with Crippen LogP contribution in [0.15, 0.2) is 91.0 Å². The highest BCUT2D eigenvalue weighted by Gasteiger charge is 2.26. The summed E-state index contributed by atoms with van der Waals surface area (Å²) in [4.78, 5) is 16.8. The Morgan fingerprint density at radius 3 is 2.22 bits per heavy atom. The van der Waals surface area contributed by atoms with Crippen LogP contribution in [-0.2, 0) is 0 Å². The zero-order valence-electron chi connectivity index (χ0n) is 20.0. The number of ether oxygens (including phenoxy) is 1. The van der Waals surface area contributed by atoms with Gasteiger partial charge >= 0.3 is 5.97 Å². The van der Waals surface area contributed by atoms with Crippen LogP contribution in [0.1, 0.15) is 27.5 Å². The smallest absolute Gasteiger partial charge is 0.340 e. The van der Waals surface area contributed by atoms with Crippen LogP contribution in [0.25, 0.3) is 10.8 Å². The average molecular weight is 501 g/mol. The molecule has 6 heteroatoms. The fourth-order valence-corrected chi connectivity index (χ4v) is 5.14. The van der Waals surface area contributed by atoms with E-state index in [1.807, 2.05) is 48.5 Å². The van der Waals surface area contributed by atoms with Gasteiger partial charge in [-0.25, -0.2) is 4.79 Å². The van der Waals surface area contributed by atoms with Gasteiger partial charge in [-0.2, -0.15) is 0 Å². The molecule has 0 radical (unpaired) electrons. The van der Waals surface area contributed by atoms with Crippen LogP contribution < -0.4 is 4.74 Å². The second kappa shape index (κ2) is 11.1. The van der Waals surface area contributed by atoms with Gasteiger partial charge in [0.2, 0.25) is 0 Å². The molecule has 1 unspecified atom stereocenters. The molecule has 0 spiro atoms. The van der Waals surface area contributed by atoms with Crippen molar-refractivity contribution in [2.24, 2.45) is 0 Å². The van der Waals surface area contributed by atoms with Crippen LogP contribution in [0.5, 0.6) is 5.75 Å². The molecule has 1 fully saturated rings. The first-order valence-electron chi connectivity index (χ1n) is 12.2. The Kier molecular flexibility index (Phi) is 7.52. The van der Waals surface area contributed by atoms with Gasteiger partial charge in [-0.3, -0.25) is 9.80 Å². The summed E-state index contributed by atoms with van der Waals surface area (Å²) in [6.45, 7) is 4.89.